The highest BCUT2D eigenvalue weighted by atomic mass is 15.2. The van der Waals surface area contributed by atoms with E-state index >= 15 is 0 Å². The second kappa shape index (κ2) is 6.91. The molecule has 0 radical (unpaired) electrons. The molecule has 0 aromatic carbocycles. The van der Waals surface area contributed by atoms with Crippen LogP contribution >= 0.6 is 0 Å². The van der Waals surface area contributed by atoms with Crippen molar-refractivity contribution in [3.05, 3.63) is 0 Å². The van der Waals surface area contributed by atoms with Gasteiger partial charge in [0.25, 0.3) is 0 Å². The molecule has 2 heteroatoms. The highest BCUT2D eigenvalue weighted by molar-refractivity contribution is 4.85. The van der Waals surface area contributed by atoms with Gasteiger partial charge in [-0.25, -0.2) is 0 Å². The summed E-state index contributed by atoms with van der Waals surface area (Å²) in [6, 6.07) is 0.656. The molecule has 106 valence electrons. The van der Waals surface area contributed by atoms with E-state index in [1.165, 1.54) is 58.0 Å². The van der Waals surface area contributed by atoms with Gasteiger partial charge in [0.1, 0.15) is 0 Å². The second-order valence-corrected chi connectivity index (χ2v) is 6.71. The number of hydrogen-bond donors (Lipinski definition) is 1. The molecule has 2 aliphatic rings. The van der Waals surface area contributed by atoms with Crippen molar-refractivity contribution >= 4 is 0 Å². The molecule has 0 amide bonds. The van der Waals surface area contributed by atoms with Crippen LogP contribution in [-0.4, -0.2) is 30.6 Å². The largest absolute Gasteiger partial charge is 0.329 e. The predicted octanol–water partition coefficient (Wildman–Crippen LogP) is 3.26. The molecular formula is C16H32N2. The molecule has 0 spiro atoms. The van der Waals surface area contributed by atoms with Gasteiger partial charge in [-0.1, -0.05) is 33.1 Å². The Hall–Kier alpha value is -0.0800. The summed E-state index contributed by atoms with van der Waals surface area (Å²) in [5, 5.41) is 0. The Morgan fingerprint density at radius 2 is 1.78 bits per heavy atom. The Labute approximate surface area is 113 Å². The summed E-state index contributed by atoms with van der Waals surface area (Å²) in [6.07, 6.45) is 10.0. The minimum atomic E-state index is 0.656. The first-order valence-electron chi connectivity index (χ1n) is 8.18. The van der Waals surface area contributed by atoms with Crippen molar-refractivity contribution in [1.82, 2.24) is 4.90 Å². The molecule has 2 aliphatic carbocycles. The Morgan fingerprint density at radius 1 is 1.11 bits per heavy atom. The molecule has 0 saturated heterocycles. The van der Waals surface area contributed by atoms with Gasteiger partial charge in [0, 0.05) is 19.1 Å². The molecule has 2 saturated carbocycles. The minimum absolute atomic E-state index is 0.656. The number of likely N-dealkylation sites (N-methyl/N-ethyl adjacent to an activating group) is 1. The number of nitrogens with two attached hydrogens (primary N) is 1. The molecule has 0 aromatic rings. The van der Waals surface area contributed by atoms with E-state index in [9.17, 15) is 0 Å². The molecule has 1 atom stereocenters. The van der Waals surface area contributed by atoms with Crippen LogP contribution in [0.1, 0.15) is 58.8 Å². The third-order valence-corrected chi connectivity index (χ3v) is 5.44. The molecule has 0 heterocycles. The maximum atomic E-state index is 6.11. The van der Waals surface area contributed by atoms with Gasteiger partial charge in [-0.05, 0) is 50.0 Å². The van der Waals surface area contributed by atoms with Crippen LogP contribution in [0.4, 0.5) is 0 Å². The van der Waals surface area contributed by atoms with E-state index in [0.29, 0.717) is 6.04 Å². The average Bonchev–Trinajstić information content (AvgIpc) is 2.34. The molecule has 2 N–H and O–H groups in total. The molecule has 2 rings (SSSR count). The summed E-state index contributed by atoms with van der Waals surface area (Å²) >= 11 is 0. The lowest BCUT2D eigenvalue weighted by atomic mass is 9.78. The van der Waals surface area contributed by atoms with Crippen molar-refractivity contribution < 1.29 is 0 Å². The lowest BCUT2D eigenvalue weighted by Gasteiger charge is -2.41. The summed E-state index contributed by atoms with van der Waals surface area (Å²) in [7, 11) is 0. The smallest absolute Gasteiger partial charge is 0.0246 e. The molecule has 2 nitrogen and oxygen atoms in total. The average molecular weight is 252 g/mol. The van der Waals surface area contributed by atoms with Gasteiger partial charge in [-0.2, -0.15) is 0 Å². The van der Waals surface area contributed by atoms with Gasteiger partial charge >= 0.3 is 0 Å². The quantitative estimate of drug-likeness (QED) is 0.786. The summed E-state index contributed by atoms with van der Waals surface area (Å²) in [6.45, 7) is 8.07. The van der Waals surface area contributed by atoms with Gasteiger partial charge in [-0.15, -0.1) is 0 Å². The van der Waals surface area contributed by atoms with Crippen LogP contribution in [0, 0.1) is 17.8 Å². The zero-order valence-electron chi connectivity index (χ0n) is 12.4. The maximum Gasteiger partial charge on any atom is 0.0246 e. The fourth-order valence-corrected chi connectivity index (χ4v) is 3.82. The summed E-state index contributed by atoms with van der Waals surface area (Å²) < 4.78 is 0. The Kier molecular flexibility index (Phi) is 5.50. The number of rotatable bonds is 6. The fraction of sp³-hybridized carbons (Fsp3) is 1.00. The van der Waals surface area contributed by atoms with Gasteiger partial charge < -0.3 is 5.73 Å². The number of nitrogens with zero attached hydrogens (tertiary/aromatic N) is 1. The van der Waals surface area contributed by atoms with Gasteiger partial charge in [0.05, 0.1) is 0 Å². The van der Waals surface area contributed by atoms with E-state index in [0.717, 1.165) is 24.3 Å². The van der Waals surface area contributed by atoms with Crippen molar-refractivity contribution in [3.63, 3.8) is 0 Å². The first-order valence-corrected chi connectivity index (χ1v) is 8.18. The third-order valence-electron chi connectivity index (χ3n) is 5.44. The van der Waals surface area contributed by atoms with Gasteiger partial charge in [0.2, 0.25) is 0 Å². The van der Waals surface area contributed by atoms with Crippen LogP contribution in [0.15, 0.2) is 0 Å². The standard InChI is InChI=1S/C16H32N2/c1-3-18(12-14-5-4-6-14)16(11-17)15-9-7-13(2)8-10-15/h13-16H,3-12,17H2,1-2H3. The molecule has 1 unspecified atom stereocenters. The zero-order valence-corrected chi connectivity index (χ0v) is 12.4. The lowest BCUT2D eigenvalue weighted by molar-refractivity contribution is 0.0841. The topological polar surface area (TPSA) is 29.3 Å². The van der Waals surface area contributed by atoms with E-state index < -0.39 is 0 Å². The van der Waals surface area contributed by atoms with Crippen molar-refractivity contribution in [3.8, 4) is 0 Å². The molecule has 18 heavy (non-hydrogen) atoms. The van der Waals surface area contributed by atoms with Crippen LogP contribution in [0.3, 0.4) is 0 Å². The van der Waals surface area contributed by atoms with Crippen LogP contribution in [0.25, 0.3) is 0 Å². The Morgan fingerprint density at radius 3 is 2.22 bits per heavy atom. The zero-order chi connectivity index (χ0) is 13.0. The van der Waals surface area contributed by atoms with Crippen LogP contribution in [0.5, 0.6) is 0 Å². The third kappa shape index (κ3) is 3.48. The lowest BCUT2D eigenvalue weighted by Crippen LogP contribution is -2.49. The molecule has 0 bridgehead atoms. The van der Waals surface area contributed by atoms with E-state index in [1.807, 2.05) is 0 Å². The Balaban J connectivity index is 1.87. The minimum Gasteiger partial charge on any atom is -0.329 e. The van der Waals surface area contributed by atoms with Crippen molar-refractivity contribution in [2.75, 3.05) is 19.6 Å². The number of hydrogen-bond acceptors (Lipinski definition) is 2. The highest BCUT2D eigenvalue weighted by Crippen LogP contribution is 2.34. The van der Waals surface area contributed by atoms with Crippen LogP contribution in [0.2, 0.25) is 0 Å². The van der Waals surface area contributed by atoms with Crippen molar-refractivity contribution in [1.29, 1.82) is 0 Å². The first-order chi connectivity index (χ1) is 8.74. The highest BCUT2D eigenvalue weighted by Gasteiger charge is 2.31. The summed E-state index contributed by atoms with van der Waals surface area (Å²) in [5.41, 5.74) is 6.11. The monoisotopic (exact) mass is 252 g/mol. The normalized spacial score (nSPS) is 31.3. The maximum absolute atomic E-state index is 6.11. The molecule has 2 fully saturated rings. The predicted molar refractivity (Wildman–Crippen MR) is 78.6 cm³/mol. The SMILES string of the molecule is CCN(CC1CCC1)C(CN)C1CCC(C)CC1. The molecule has 0 aliphatic heterocycles. The molecule has 0 aromatic heterocycles. The van der Waals surface area contributed by atoms with Crippen LogP contribution < -0.4 is 5.73 Å². The second-order valence-electron chi connectivity index (χ2n) is 6.71. The van der Waals surface area contributed by atoms with Crippen molar-refractivity contribution in [2.24, 2.45) is 23.5 Å². The summed E-state index contributed by atoms with van der Waals surface area (Å²) in [4.78, 5) is 2.70. The molecular weight excluding hydrogens is 220 g/mol. The Bertz CT molecular complexity index is 229. The van der Waals surface area contributed by atoms with Gasteiger partial charge in [-0.3, -0.25) is 4.90 Å². The van der Waals surface area contributed by atoms with Crippen LogP contribution in [-0.2, 0) is 0 Å². The van der Waals surface area contributed by atoms with Gasteiger partial charge in [0.15, 0.2) is 0 Å². The van der Waals surface area contributed by atoms with Crippen molar-refractivity contribution in [2.45, 2.75) is 64.8 Å². The summed E-state index contributed by atoms with van der Waals surface area (Å²) in [5.74, 6) is 2.79. The van der Waals surface area contributed by atoms with E-state index in [2.05, 4.69) is 18.7 Å². The van der Waals surface area contributed by atoms with E-state index in [4.69, 9.17) is 5.73 Å². The fourth-order valence-electron chi connectivity index (χ4n) is 3.82. The van der Waals surface area contributed by atoms with E-state index in [1.54, 1.807) is 0 Å². The first kappa shape index (κ1) is 14.3. The van der Waals surface area contributed by atoms with E-state index in [-0.39, 0.29) is 0 Å².